The number of thioether (sulfide) groups is 1. The second-order valence-electron chi connectivity index (χ2n) is 8.85. The maximum Gasteiger partial charge on any atom is 0.420 e. The standard InChI is InChI=1S/C26H32F3N3O3S/c1-25(30,18-33)24-32(2)31-23(36-24)20-12-13-22(21(16-20)26(27,28)29)35-15-9-4-3-8-14-34-17-19-10-6-5-7-11-19/h5-7,9-13,15-16,24,33H,3-4,8,14,17-18,30H2,1-2H3/b15-9+/t24?,25-/m0/s1. The maximum absolute atomic E-state index is 13.8. The molecule has 10 heteroatoms. The van der Waals surface area contributed by atoms with Gasteiger partial charge in [0, 0.05) is 19.2 Å². The number of rotatable bonds is 12. The highest BCUT2D eigenvalue weighted by molar-refractivity contribution is 8.15. The van der Waals surface area contributed by atoms with E-state index in [0.29, 0.717) is 30.2 Å². The zero-order valence-corrected chi connectivity index (χ0v) is 21.2. The third-order valence-electron chi connectivity index (χ3n) is 5.56. The minimum atomic E-state index is -4.60. The summed E-state index contributed by atoms with van der Waals surface area (Å²) in [6.07, 6.45) is 0.739. The van der Waals surface area contributed by atoms with Crippen molar-refractivity contribution >= 4 is 16.8 Å². The van der Waals surface area contributed by atoms with Crippen molar-refractivity contribution < 1.29 is 27.8 Å². The maximum atomic E-state index is 13.8. The van der Waals surface area contributed by atoms with Crippen molar-refractivity contribution in [3.05, 3.63) is 77.6 Å². The number of nitrogens with two attached hydrogens (primary N) is 1. The Balaban J connectivity index is 1.52. The van der Waals surface area contributed by atoms with Crippen molar-refractivity contribution in [3.8, 4) is 5.75 Å². The van der Waals surface area contributed by atoms with Crippen LogP contribution in [-0.4, -0.2) is 46.3 Å². The molecular formula is C26H32F3N3O3S. The summed E-state index contributed by atoms with van der Waals surface area (Å²) >= 11 is 1.22. The van der Waals surface area contributed by atoms with Gasteiger partial charge in [-0.05, 0) is 56.0 Å². The van der Waals surface area contributed by atoms with Gasteiger partial charge in [0.2, 0.25) is 0 Å². The number of likely N-dealkylation sites (N-methyl/N-ethyl adjacent to an activating group) is 1. The van der Waals surface area contributed by atoms with E-state index < -0.39 is 22.7 Å². The zero-order valence-electron chi connectivity index (χ0n) is 20.4. The van der Waals surface area contributed by atoms with E-state index >= 15 is 0 Å². The van der Waals surface area contributed by atoms with E-state index in [1.807, 2.05) is 30.3 Å². The number of aliphatic hydroxyl groups is 1. The number of nitrogens with zero attached hydrogens (tertiary/aromatic N) is 2. The lowest BCUT2D eigenvalue weighted by molar-refractivity contribution is -0.138. The first-order valence-corrected chi connectivity index (χ1v) is 12.5. The summed E-state index contributed by atoms with van der Waals surface area (Å²) < 4.78 is 52.2. The Bertz CT molecular complexity index is 1050. The molecule has 0 aromatic heterocycles. The Kier molecular flexibility index (Phi) is 9.84. The number of halogens is 3. The number of unbranched alkanes of at least 4 members (excludes halogenated alkanes) is 2. The molecule has 1 heterocycles. The average molecular weight is 524 g/mol. The van der Waals surface area contributed by atoms with Gasteiger partial charge < -0.3 is 20.3 Å². The second kappa shape index (κ2) is 12.6. The molecule has 1 unspecified atom stereocenters. The smallest absolute Gasteiger partial charge is 0.420 e. The average Bonchev–Trinajstić information content (AvgIpc) is 3.25. The number of hydrazone groups is 1. The topological polar surface area (TPSA) is 80.3 Å². The van der Waals surface area contributed by atoms with Crippen LogP contribution in [0.25, 0.3) is 0 Å². The van der Waals surface area contributed by atoms with Crippen LogP contribution in [0, 0.1) is 0 Å². The van der Waals surface area contributed by atoms with Gasteiger partial charge in [0.05, 0.1) is 30.6 Å². The number of hydrogen-bond donors (Lipinski definition) is 2. The van der Waals surface area contributed by atoms with Crippen LogP contribution in [-0.2, 0) is 17.5 Å². The van der Waals surface area contributed by atoms with Gasteiger partial charge in [-0.1, -0.05) is 42.1 Å². The Hall–Kier alpha value is -2.53. The Labute approximate surface area is 214 Å². The summed E-state index contributed by atoms with van der Waals surface area (Å²) in [4.78, 5) is 0. The molecule has 0 bridgehead atoms. The fourth-order valence-corrected chi connectivity index (χ4v) is 4.77. The molecule has 196 valence electrons. The number of aliphatic hydroxyl groups excluding tert-OH is 1. The summed E-state index contributed by atoms with van der Waals surface area (Å²) in [6.45, 7) is 2.56. The van der Waals surface area contributed by atoms with Crippen molar-refractivity contribution in [2.45, 2.75) is 49.9 Å². The Morgan fingerprint density at radius 2 is 1.92 bits per heavy atom. The van der Waals surface area contributed by atoms with Crippen molar-refractivity contribution in [2.75, 3.05) is 20.3 Å². The van der Waals surface area contributed by atoms with Gasteiger partial charge in [-0.3, -0.25) is 5.01 Å². The van der Waals surface area contributed by atoms with Crippen LogP contribution < -0.4 is 10.5 Å². The van der Waals surface area contributed by atoms with Gasteiger partial charge >= 0.3 is 6.18 Å². The molecule has 2 aromatic rings. The largest absolute Gasteiger partial charge is 0.465 e. The molecule has 0 amide bonds. The summed E-state index contributed by atoms with van der Waals surface area (Å²) in [5, 5.41) is 15.4. The first-order chi connectivity index (χ1) is 17.1. The van der Waals surface area contributed by atoms with Crippen LogP contribution in [0.2, 0.25) is 0 Å². The number of alkyl halides is 3. The van der Waals surface area contributed by atoms with Crippen molar-refractivity contribution in [1.29, 1.82) is 0 Å². The first kappa shape index (κ1) is 28.0. The number of allylic oxidation sites excluding steroid dienone is 1. The van der Waals surface area contributed by atoms with Gasteiger partial charge in [-0.15, -0.1) is 0 Å². The lowest BCUT2D eigenvalue weighted by atomic mass is 10.1. The summed E-state index contributed by atoms with van der Waals surface area (Å²) in [5.74, 6) is -0.277. The monoisotopic (exact) mass is 523 g/mol. The molecule has 3 rings (SSSR count). The highest BCUT2D eigenvalue weighted by Gasteiger charge is 2.40. The number of benzene rings is 2. The predicted molar refractivity (Wildman–Crippen MR) is 137 cm³/mol. The third-order valence-corrected chi connectivity index (χ3v) is 7.17. The summed E-state index contributed by atoms with van der Waals surface area (Å²) in [5.41, 5.74) is 5.68. The fourth-order valence-electron chi connectivity index (χ4n) is 3.57. The minimum absolute atomic E-state index is 0.277. The predicted octanol–water partition coefficient (Wildman–Crippen LogP) is 5.36. The summed E-state index contributed by atoms with van der Waals surface area (Å²) in [7, 11) is 1.67. The summed E-state index contributed by atoms with van der Waals surface area (Å²) in [6, 6.07) is 13.8. The van der Waals surface area contributed by atoms with Gasteiger partial charge in [-0.25, -0.2) is 0 Å². The molecule has 1 aliphatic rings. The van der Waals surface area contributed by atoms with Crippen LogP contribution in [0.5, 0.6) is 5.75 Å². The van der Waals surface area contributed by atoms with Gasteiger partial charge in [0.25, 0.3) is 0 Å². The van der Waals surface area contributed by atoms with E-state index in [4.69, 9.17) is 15.2 Å². The molecular weight excluding hydrogens is 491 g/mol. The third kappa shape index (κ3) is 7.73. The first-order valence-electron chi connectivity index (χ1n) is 11.6. The van der Waals surface area contributed by atoms with Gasteiger partial charge in [0.15, 0.2) is 0 Å². The molecule has 2 aromatic carbocycles. The van der Waals surface area contributed by atoms with E-state index in [1.54, 1.807) is 25.1 Å². The SMILES string of the molecule is CN1N=C(c2ccc(O/C=C/CCCCOCc3ccccc3)c(C(F)(F)F)c2)SC1[C@@](C)(N)CO. The van der Waals surface area contributed by atoms with Crippen LogP contribution in [0.3, 0.4) is 0 Å². The number of hydrogen-bond acceptors (Lipinski definition) is 7. The van der Waals surface area contributed by atoms with Crippen LogP contribution >= 0.6 is 11.8 Å². The normalized spacial score (nSPS) is 17.9. The van der Waals surface area contributed by atoms with Crippen molar-refractivity contribution in [3.63, 3.8) is 0 Å². The lowest BCUT2D eigenvalue weighted by Gasteiger charge is -2.32. The lowest BCUT2D eigenvalue weighted by Crippen LogP contribution is -2.53. The zero-order chi connectivity index (χ0) is 26.2. The highest BCUT2D eigenvalue weighted by Crippen LogP contribution is 2.40. The highest BCUT2D eigenvalue weighted by atomic mass is 32.2. The molecule has 0 spiro atoms. The number of ether oxygens (including phenoxy) is 2. The molecule has 2 atom stereocenters. The van der Waals surface area contributed by atoms with Crippen molar-refractivity contribution in [2.24, 2.45) is 10.8 Å². The van der Waals surface area contributed by atoms with Crippen LogP contribution in [0.1, 0.15) is 42.9 Å². The van der Waals surface area contributed by atoms with E-state index in [1.165, 1.54) is 30.2 Å². The molecule has 36 heavy (non-hydrogen) atoms. The minimum Gasteiger partial charge on any atom is -0.465 e. The Morgan fingerprint density at radius 1 is 1.17 bits per heavy atom. The Morgan fingerprint density at radius 3 is 2.61 bits per heavy atom. The van der Waals surface area contributed by atoms with E-state index in [9.17, 15) is 18.3 Å². The van der Waals surface area contributed by atoms with E-state index in [0.717, 1.165) is 24.5 Å². The van der Waals surface area contributed by atoms with E-state index in [2.05, 4.69) is 5.10 Å². The molecule has 0 aliphatic carbocycles. The molecule has 0 saturated heterocycles. The van der Waals surface area contributed by atoms with Crippen LogP contribution in [0.4, 0.5) is 13.2 Å². The van der Waals surface area contributed by atoms with E-state index in [-0.39, 0.29) is 12.4 Å². The van der Waals surface area contributed by atoms with Crippen molar-refractivity contribution in [1.82, 2.24) is 5.01 Å². The van der Waals surface area contributed by atoms with Crippen LogP contribution in [0.15, 0.2) is 66.0 Å². The molecule has 0 fully saturated rings. The molecule has 1 aliphatic heterocycles. The molecule has 3 N–H and O–H groups in total. The molecule has 6 nitrogen and oxygen atoms in total. The fraction of sp³-hybridized carbons (Fsp3) is 0.423. The quantitative estimate of drug-likeness (QED) is 0.288. The molecule has 0 saturated carbocycles. The van der Waals surface area contributed by atoms with Gasteiger partial charge in [0.1, 0.15) is 16.2 Å². The second-order valence-corrected chi connectivity index (χ2v) is 9.91. The van der Waals surface area contributed by atoms with Gasteiger partial charge in [-0.2, -0.15) is 18.3 Å². The molecule has 0 radical (unpaired) electrons.